The standard InChI is InChI=1S/C14H12BrF2N2O5PS/c15-13-8-10(6-7-12(13)14(16,17)24-25(20)21)9-18-19-26(22,23)11-4-2-1-3-5-11/h1-9,19,25H,(H,20,21)/b18-9-. The van der Waals surface area contributed by atoms with Crippen molar-refractivity contribution in [2.24, 2.45) is 5.10 Å². The van der Waals surface area contributed by atoms with E-state index in [0.717, 1.165) is 12.3 Å². The monoisotopic (exact) mass is 468 g/mol. The SMILES string of the molecule is O=[PH](O)OC(F)(F)c1ccc(/C=N\NS(=O)(=O)c2ccccc2)cc1Br. The normalized spacial score (nSPS) is 13.7. The summed E-state index contributed by atoms with van der Waals surface area (Å²) in [7, 11) is -7.69. The Morgan fingerprint density at radius 3 is 2.46 bits per heavy atom. The molecule has 2 aromatic rings. The maximum Gasteiger partial charge on any atom is 0.390 e. The van der Waals surface area contributed by atoms with Crippen molar-refractivity contribution in [1.82, 2.24) is 4.83 Å². The highest BCUT2D eigenvalue weighted by molar-refractivity contribution is 9.10. The lowest BCUT2D eigenvalue weighted by atomic mass is 10.1. The van der Waals surface area contributed by atoms with Gasteiger partial charge in [-0.15, -0.1) is 0 Å². The van der Waals surface area contributed by atoms with Crippen molar-refractivity contribution in [3.05, 3.63) is 64.1 Å². The summed E-state index contributed by atoms with van der Waals surface area (Å²) < 4.78 is 65.4. The molecule has 12 heteroatoms. The van der Waals surface area contributed by atoms with Crippen LogP contribution in [0, 0.1) is 0 Å². The van der Waals surface area contributed by atoms with E-state index in [1.165, 1.54) is 24.3 Å². The summed E-state index contributed by atoms with van der Waals surface area (Å²) in [5.41, 5.74) is -0.365. The van der Waals surface area contributed by atoms with E-state index in [9.17, 15) is 21.8 Å². The number of benzene rings is 2. The summed E-state index contributed by atoms with van der Waals surface area (Å²) >= 11 is 2.91. The van der Waals surface area contributed by atoms with Gasteiger partial charge in [-0.2, -0.15) is 22.3 Å². The summed E-state index contributed by atoms with van der Waals surface area (Å²) in [5, 5.41) is 3.58. The predicted molar refractivity (Wildman–Crippen MR) is 94.7 cm³/mol. The molecular formula is C14H12BrF2N2O5PS. The van der Waals surface area contributed by atoms with Crippen LogP contribution >= 0.6 is 24.2 Å². The summed E-state index contributed by atoms with van der Waals surface area (Å²) in [4.78, 5) is 10.5. The summed E-state index contributed by atoms with van der Waals surface area (Å²) in [6.45, 7) is 0. The van der Waals surface area contributed by atoms with Gasteiger partial charge in [0.25, 0.3) is 10.0 Å². The van der Waals surface area contributed by atoms with Gasteiger partial charge in [0, 0.05) is 4.47 Å². The van der Waals surface area contributed by atoms with Gasteiger partial charge in [0.05, 0.1) is 16.7 Å². The van der Waals surface area contributed by atoms with Crippen molar-refractivity contribution in [2.45, 2.75) is 11.0 Å². The number of hydrogen-bond acceptors (Lipinski definition) is 5. The smallest absolute Gasteiger partial charge is 0.326 e. The maximum atomic E-state index is 13.7. The Kier molecular flexibility index (Phi) is 6.64. The van der Waals surface area contributed by atoms with Crippen molar-refractivity contribution in [1.29, 1.82) is 0 Å². The summed E-state index contributed by atoms with van der Waals surface area (Å²) in [5.74, 6) is 0. The molecule has 0 radical (unpaired) electrons. The van der Waals surface area contributed by atoms with Gasteiger partial charge in [0.15, 0.2) is 0 Å². The molecule has 0 bridgehead atoms. The van der Waals surface area contributed by atoms with E-state index < -0.39 is 30.0 Å². The number of rotatable bonds is 7. The molecule has 0 amide bonds. The molecule has 0 aliphatic carbocycles. The second-order valence-corrected chi connectivity index (χ2v) is 8.04. The lowest BCUT2D eigenvalue weighted by Crippen LogP contribution is -2.18. The zero-order valence-corrected chi connectivity index (χ0v) is 16.2. The first-order valence-corrected chi connectivity index (χ1v) is 10.4. The van der Waals surface area contributed by atoms with Crippen LogP contribution < -0.4 is 4.83 Å². The number of alkyl halides is 2. The molecule has 0 aliphatic rings. The van der Waals surface area contributed by atoms with Crippen molar-refractivity contribution < 1.29 is 31.2 Å². The highest BCUT2D eigenvalue weighted by Gasteiger charge is 2.37. The third-order valence-electron chi connectivity index (χ3n) is 2.96. The molecule has 2 N–H and O–H groups in total. The van der Waals surface area contributed by atoms with E-state index >= 15 is 0 Å². The maximum absolute atomic E-state index is 13.7. The summed E-state index contributed by atoms with van der Waals surface area (Å²) in [6.07, 6.45) is -2.85. The predicted octanol–water partition coefficient (Wildman–Crippen LogP) is 3.21. The third-order valence-corrected chi connectivity index (χ3v) is 5.29. The number of hydrazone groups is 1. The molecule has 0 saturated heterocycles. The minimum Gasteiger partial charge on any atom is -0.326 e. The topological polar surface area (TPSA) is 105 Å². The minimum atomic E-state index is -3.96. The molecule has 0 aliphatic heterocycles. The van der Waals surface area contributed by atoms with Gasteiger partial charge in [-0.05, 0) is 29.8 Å². The van der Waals surface area contributed by atoms with E-state index in [-0.39, 0.29) is 9.37 Å². The lowest BCUT2D eigenvalue weighted by molar-refractivity contribution is -0.186. The lowest BCUT2D eigenvalue weighted by Gasteiger charge is -2.16. The van der Waals surface area contributed by atoms with E-state index in [4.69, 9.17) is 4.89 Å². The van der Waals surface area contributed by atoms with Gasteiger partial charge in [-0.3, -0.25) is 4.57 Å². The molecule has 26 heavy (non-hydrogen) atoms. The zero-order valence-electron chi connectivity index (χ0n) is 12.8. The Balaban J connectivity index is 2.15. The Morgan fingerprint density at radius 1 is 1.23 bits per heavy atom. The molecule has 0 aromatic heterocycles. The van der Waals surface area contributed by atoms with Gasteiger partial charge in [0.1, 0.15) is 0 Å². The minimum absolute atomic E-state index is 0.0182. The van der Waals surface area contributed by atoms with Crippen LogP contribution in [0.3, 0.4) is 0 Å². The average molecular weight is 469 g/mol. The van der Waals surface area contributed by atoms with Crippen LogP contribution in [0.25, 0.3) is 0 Å². The number of nitrogens with one attached hydrogen (secondary N) is 1. The Morgan fingerprint density at radius 2 is 1.88 bits per heavy atom. The highest BCUT2D eigenvalue weighted by atomic mass is 79.9. The third kappa shape index (κ3) is 5.42. The van der Waals surface area contributed by atoms with Gasteiger partial charge in [-0.25, -0.2) is 9.35 Å². The van der Waals surface area contributed by atoms with Crippen LogP contribution in [0.15, 0.2) is 63.0 Å². The number of hydrogen-bond donors (Lipinski definition) is 2. The second kappa shape index (κ2) is 8.36. The molecule has 7 nitrogen and oxygen atoms in total. The van der Waals surface area contributed by atoms with E-state index in [1.807, 2.05) is 4.83 Å². The Labute approximate surface area is 156 Å². The molecule has 2 aromatic carbocycles. The fourth-order valence-corrected chi connectivity index (χ4v) is 3.60. The Hall–Kier alpha value is -1.65. The quantitative estimate of drug-likeness (QED) is 0.368. The average Bonchev–Trinajstić information content (AvgIpc) is 2.54. The van der Waals surface area contributed by atoms with Crippen LogP contribution in [0.2, 0.25) is 0 Å². The first kappa shape index (κ1) is 20.7. The van der Waals surface area contributed by atoms with Crippen LogP contribution in [0.5, 0.6) is 0 Å². The molecule has 1 unspecified atom stereocenters. The van der Waals surface area contributed by atoms with Gasteiger partial charge in [0.2, 0.25) is 0 Å². The number of halogens is 3. The van der Waals surface area contributed by atoms with Crippen LogP contribution in [-0.2, 0) is 25.2 Å². The second-order valence-electron chi connectivity index (χ2n) is 4.79. The largest absolute Gasteiger partial charge is 0.390 e. The molecular weight excluding hydrogens is 457 g/mol. The highest BCUT2D eigenvalue weighted by Crippen LogP contribution is 2.40. The first-order valence-electron chi connectivity index (χ1n) is 6.81. The van der Waals surface area contributed by atoms with E-state index in [1.54, 1.807) is 18.2 Å². The van der Waals surface area contributed by atoms with Gasteiger partial charge < -0.3 is 4.89 Å². The van der Waals surface area contributed by atoms with E-state index in [2.05, 4.69) is 25.6 Å². The summed E-state index contributed by atoms with van der Waals surface area (Å²) in [6, 6.07) is 10.9. The molecule has 1 atom stereocenters. The van der Waals surface area contributed by atoms with Crippen molar-refractivity contribution in [3.63, 3.8) is 0 Å². The van der Waals surface area contributed by atoms with Crippen molar-refractivity contribution in [3.8, 4) is 0 Å². The van der Waals surface area contributed by atoms with Crippen LogP contribution in [0.1, 0.15) is 11.1 Å². The number of sulfonamides is 1. The molecule has 2 rings (SSSR count). The zero-order chi connectivity index (χ0) is 19.4. The Bertz CT molecular complexity index is 942. The molecule has 0 heterocycles. The van der Waals surface area contributed by atoms with Crippen LogP contribution in [-0.4, -0.2) is 19.5 Å². The molecule has 0 fully saturated rings. The molecule has 0 spiro atoms. The fraction of sp³-hybridized carbons (Fsp3) is 0.0714. The van der Waals surface area contributed by atoms with Crippen molar-refractivity contribution in [2.75, 3.05) is 0 Å². The van der Waals surface area contributed by atoms with Crippen LogP contribution in [0.4, 0.5) is 8.78 Å². The van der Waals surface area contributed by atoms with Crippen molar-refractivity contribution >= 4 is 40.4 Å². The van der Waals surface area contributed by atoms with E-state index in [0.29, 0.717) is 5.56 Å². The van der Waals surface area contributed by atoms with Gasteiger partial charge >= 0.3 is 14.4 Å². The number of nitrogens with zero attached hydrogens (tertiary/aromatic N) is 1. The van der Waals surface area contributed by atoms with Gasteiger partial charge in [-0.1, -0.05) is 40.2 Å². The molecule has 0 saturated carbocycles. The first-order chi connectivity index (χ1) is 12.1. The molecule has 140 valence electrons. The fourth-order valence-electron chi connectivity index (χ4n) is 1.83.